The highest BCUT2D eigenvalue weighted by Crippen LogP contribution is 2.34. The summed E-state index contributed by atoms with van der Waals surface area (Å²) in [5.41, 5.74) is 3.04. The summed E-state index contributed by atoms with van der Waals surface area (Å²) in [7, 11) is 0. The maximum Gasteiger partial charge on any atom is 0.254 e. The van der Waals surface area contributed by atoms with Gasteiger partial charge in [0.1, 0.15) is 5.75 Å². The molecule has 1 unspecified atom stereocenters. The van der Waals surface area contributed by atoms with Crippen molar-refractivity contribution in [2.24, 2.45) is 0 Å². The molecule has 1 amide bonds. The van der Waals surface area contributed by atoms with Crippen molar-refractivity contribution in [2.75, 3.05) is 13.2 Å². The van der Waals surface area contributed by atoms with Gasteiger partial charge in [0.25, 0.3) is 5.91 Å². The van der Waals surface area contributed by atoms with Gasteiger partial charge in [-0.3, -0.25) is 4.79 Å². The Morgan fingerprint density at radius 2 is 1.91 bits per heavy atom. The molecule has 0 bridgehead atoms. The van der Waals surface area contributed by atoms with E-state index in [1.165, 1.54) is 5.56 Å². The molecule has 0 aliphatic carbocycles. The SMILES string of the molecule is CCOc1ccc(C2CCCN2C(=O)c2ccccc2C)cc1. The zero-order valence-electron chi connectivity index (χ0n) is 13.8. The molecule has 1 heterocycles. The molecule has 3 nitrogen and oxygen atoms in total. The van der Waals surface area contributed by atoms with E-state index >= 15 is 0 Å². The number of carbonyl (C=O) groups excluding carboxylic acids is 1. The third kappa shape index (κ3) is 3.24. The van der Waals surface area contributed by atoms with E-state index < -0.39 is 0 Å². The van der Waals surface area contributed by atoms with Gasteiger partial charge in [0, 0.05) is 12.1 Å². The molecule has 1 aliphatic rings. The number of ether oxygens (including phenoxy) is 1. The first kappa shape index (κ1) is 15.6. The summed E-state index contributed by atoms with van der Waals surface area (Å²) in [6, 6.07) is 16.1. The Kier molecular flexibility index (Phi) is 4.65. The molecule has 0 N–H and O–H groups in total. The van der Waals surface area contributed by atoms with Gasteiger partial charge in [-0.05, 0) is 56.0 Å². The van der Waals surface area contributed by atoms with Crippen LogP contribution < -0.4 is 4.74 Å². The van der Waals surface area contributed by atoms with Gasteiger partial charge in [0.05, 0.1) is 12.6 Å². The molecule has 23 heavy (non-hydrogen) atoms. The summed E-state index contributed by atoms with van der Waals surface area (Å²) >= 11 is 0. The molecule has 0 aromatic heterocycles. The van der Waals surface area contributed by atoms with E-state index in [-0.39, 0.29) is 11.9 Å². The van der Waals surface area contributed by atoms with Crippen LogP contribution in [0.4, 0.5) is 0 Å². The second-order valence-corrected chi connectivity index (χ2v) is 5.97. The Morgan fingerprint density at radius 3 is 2.61 bits per heavy atom. The lowest BCUT2D eigenvalue weighted by molar-refractivity contribution is 0.0735. The zero-order chi connectivity index (χ0) is 16.2. The van der Waals surface area contributed by atoms with Crippen LogP contribution in [0.25, 0.3) is 0 Å². The molecule has 0 radical (unpaired) electrons. The second kappa shape index (κ2) is 6.86. The number of carbonyl (C=O) groups is 1. The highest BCUT2D eigenvalue weighted by Gasteiger charge is 2.31. The van der Waals surface area contributed by atoms with E-state index in [1.54, 1.807) is 0 Å². The van der Waals surface area contributed by atoms with Crippen molar-refractivity contribution < 1.29 is 9.53 Å². The topological polar surface area (TPSA) is 29.5 Å². The first-order valence-electron chi connectivity index (χ1n) is 8.30. The second-order valence-electron chi connectivity index (χ2n) is 5.97. The fourth-order valence-corrected chi connectivity index (χ4v) is 3.28. The third-order valence-electron chi connectivity index (χ3n) is 4.47. The van der Waals surface area contributed by atoms with Gasteiger partial charge in [-0.25, -0.2) is 0 Å². The van der Waals surface area contributed by atoms with Crippen LogP contribution >= 0.6 is 0 Å². The number of likely N-dealkylation sites (tertiary alicyclic amines) is 1. The lowest BCUT2D eigenvalue weighted by atomic mass is 10.0. The predicted octanol–water partition coefficient (Wildman–Crippen LogP) is 4.37. The molecular weight excluding hydrogens is 286 g/mol. The Bertz CT molecular complexity index is 678. The maximum absolute atomic E-state index is 12.9. The minimum Gasteiger partial charge on any atom is -0.494 e. The first-order chi connectivity index (χ1) is 11.2. The number of aryl methyl sites for hydroxylation is 1. The van der Waals surface area contributed by atoms with Gasteiger partial charge < -0.3 is 9.64 Å². The minimum atomic E-state index is 0.138. The van der Waals surface area contributed by atoms with Crippen LogP contribution in [0, 0.1) is 6.92 Å². The van der Waals surface area contributed by atoms with Crippen molar-refractivity contribution in [3.8, 4) is 5.75 Å². The molecule has 1 fully saturated rings. The van der Waals surface area contributed by atoms with Crippen molar-refractivity contribution in [1.29, 1.82) is 0 Å². The largest absolute Gasteiger partial charge is 0.494 e. The number of rotatable bonds is 4. The molecule has 2 aromatic carbocycles. The molecule has 3 heteroatoms. The fourth-order valence-electron chi connectivity index (χ4n) is 3.28. The van der Waals surface area contributed by atoms with Crippen molar-refractivity contribution >= 4 is 5.91 Å². The normalized spacial score (nSPS) is 17.3. The smallest absolute Gasteiger partial charge is 0.254 e. The Morgan fingerprint density at radius 1 is 1.17 bits per heavy atom. The molecular formula is C20H23NO2. The maximum atomic E-state index is 12.9. The van der Waals surface area contributed by atoms with Gasteiger partial charge in [-0.1, -0.05) is 30.3 Å². The average molecular weight is 309 g/mol. The molecule has 120 valence electrons. The Labute approximate surface area is 137 Å². The highest BCUT2D eigenvalue weighted by molar-refractivity contribution is 5.96. The fraction of sp³-hybridized carbons (Fsp3) is 0.350. The summed E-state index contributed by atoms with van der Waals surface area (Å²) in [6.07, 6.45) is 2.07. The van der Waals surface area contributed by atoms with Crippen LogP contribution in [0.3, 0.4) is 0 Å². The standard InChI is InChI=1S/C20H23NO2/c1-3-23-17-12-10-16(11-13-17)19-9-6-14-21(19)20(22)18-8-5-4-7-15(18)2/h4-5,7-8,10-13,19H,3,6,9,14H2,1-2H3. The number of amides is 1. The van der Waals surface area contributed by atoms with Gasteiger partial charge in [0.15, 0.2) is 0 Å². The van der Waals surface area contributed by atoms with Gasteiger partial charge in [0.2, 0.25) is 0 Å². The van der Waals surface area contributed by atoms with Gasteiger partial charge >= 0.3 is 0 Å². The minimum absolute atomic E-state index is 0.138. The molecule has 1 atom stereocenters. The van der Waals surface area contributed by atoms with E-state index in [9.17, 15) is 4.79 Å². The summed E-state index contributed by atoms with van der Waals surface area (Å²) < 4.78 is 5.50. The summed E-state index contributed by atoms with van der Waals surface area (Å²) in [6.45, 7) is 5.47. The quantitative estimate of drug-likeness (QED) is 0.839. The van der Waals surface area contributed by atoms with E-state index in [2.05, 4.69) is 12.1 Å². The predicted molar refractivity (Wildman–Crippen MR) is 91.8 cm³/mol. The lowest BCUT2D eigenvalue weighted by Crippen LogP contribution is -2.31. The molecule has 0 saturated carbocycles. The van der Waals surface area contributed by atoms with Gasteiger partial charge in [-0.2, -0.15) is 0 Å². The zero-order valence-corrected chi connectivity index (χ0v) is 13.8. The summed E-state index contributed by atoms with van der Waals surface area (Å²) in [4.78, 5) is 14.9. The molecule has 3 rings (SSSR count). The number of hydrogen-bond acceptors (Lipinski definition) is 2. The summed E-state index contributed by atoms with van der Waals surface area (Å²) in [5.74, 6) is 1.02. The lowest BCUT2D eigenvalue weighted by Gasteiger charge is -2.26. The van der Waals surface area contributed by atoms with Crippen molar-refractivity contribution in [2.45, 2.75) is 32.7 Å². The van der Waals surface area contributed by atoms with E-state index in [0.29, 0.717) is 6.61 Å². The summed E-state index contributed by atoms with van der Waals surface area (Å²) in [5, 5.41) is 0. The monoisotopic (exact) mass is 309 g/mol. The van der Waals surface area contributed by atoms with Crippen LogP contribution in [0.15, 0.2) is 48.5 Å². The molecule has 1 aliphatic heterocycles. The van der Waals surface area contributed by atoms with E-state index in [1.807, 2.05) is 55.1 Å². The molecule has 1 saturated heterocycles. The molecule has 0 spiro atoms. The van der Waals surface area contributed by atoms with E-state index in [4.69, 9.17) is 4.74 Å². The van der Waals surface area contributed by atoms with Crippen LogP contribution in [0.5, 0.6) is 5.75 Å². The molecule has 2 aromatic rings. The first-order valence-corrected chi connectivity index (χ1v) is 8.30. The van der Waals surface area contributed by atoms with Crippen molar-refractivity contribution in [3.63, 3.8) is 0 Å². The van der Waals surface area contributed by atoms with Gasteiger partial charge in [-0.15, -0.1) is 0 Å². The number of nitrogens with zero attached hydrogens (tertiary/aromatic N) is 1. The van der Waals surface area contributed by atoms with Crippen LogP contribution in [0.1, 0.15) is 47.3 Å². The third-order valence-corrected chi connectivity index (χ3v) is 4.47. The number of hydrogen-bond donors (Lipinski definition) is 0. The average Bonchev–Trinajstić information content (AvgIpc) is 3.05. The van der Waals surface area contributed by atoms with Crippen molar-refractivity contribution in [3.05, 3.63) is 65.2 Å². The van der Waals surface area contributed by atoms with Crippen LogP contribution in [0.2, 0.25) is 0 Å². The number of benzene rings is 2. The van der Waals surface area contributed by atoms with Crippen LogP contribution in [-0.2, 0) is 0 Å². The Balaban J connectivity index is 1.82. The Hall–Kier alpha value is -2.29. The van der Waals surface area contributed by atoms with E-state index in [0.717, 1.165) is 36.3 Å². The highest BCUT2D eigenvalue weighted by atomic mass is 16.5. The van der Waals surface area contributed by atoms with Crippen molar-refractivity contribution in [1.82, 2.24) is 4.90 Å². The van der Waals surface area contributed by atoms with Crippen LogP contribution in [-0.4, -0.2) is 24.0 Å².